The molecule has 2 aromatic heterocycles. The van der Waals surface area contributed by atoms with Gasteiger partial charge in [0.1, 0.15) is 11.5 Å². The second kappa shape index (κ2) is 7.16. The molecule has 0 radical (unpaired) electrons. The van der Waals surface area contributed by atoms with Crippen LogP contribution in [0.2, 0.25) is 0 Å². The highest BCUT2D eigenvalue weighted by Crippen LogP contribution is 2.28. The van der Waals surface area contributed by atoms with Crippen molar-refractivity contribution in [3.8, 4) is 0 Å². The van der Waals surface area contributed by atoms with E-state index in [0.717, 1.165) is 35.1 Å². The largest absolute Gasteiger partial charge is 0.464 e. The summed E-state index contributed by atoms with van der Waals surface area (Å²) in [5.74, 6) is 3.27. The van der Waals surface area contributed by atoms with E-state index >= 15 is 0 Å². The molecule has 0 aromatic carbocycles. The molecule has 3 nitrogen and oxygen atoms in total. The second-order valence-corrected chi connectivity index (χ2v) is 6.19. The second-order valence-electron chi connectivity index (χ2n) is 4.91. The smallest absolute Gasteiger partial charge is 0.118 e. The van der Waals surface area contributed by atoms with Crippen LogP contribution in [0.25, 0.3) is 0 Å². The standard InChI is InChI=1S/C15H19ClN2OS/c1-11-14(8-16)17-7-6-15(11)20-10-13-5-4-12(19-13)9-18(2)3/h4-7H,8-10H2,1-3H3. The van der Waals surface area contributed by atoms with Crippen LogP contribution >= 0.6 is 23.4 Å². The van der Waals surface area contributed by atoms with Crippen molar-refractivity contribution in [1.82, 2.24) is 9.88 Å². The quantitative estimate of drug-likeness (QED) is 0.594. The fraction of sp³-hybridized carbons (Fsp3) is 0.400. The first kappa shape index (κ1) is 15.4. The number of thioether (sulfide) groups is 1. The highest BCUT2D eigenvalue weighted by atomic mass is 35.5. The average molecular weight is 311 g/mol. The minimum Gasteiger partial charge on any atom is -0.464 e. The Morgan fingerprint density at radius 1 is 1.25 bits per heavy atom. The molecule has 2 aromatic rings. The van der Waals surface area contributed by atoms with Crippen molar-refractivity contribution in [2.45, 2.75) is 30.0 Å². The summed E-state index contributed by atoms with van der Waals surface area (Å²) < 4.78 is 5.81. The first-order valence-corrected chi connectivity index (χ1v) is 7.97. The number of furan rings is 1. The number of nitrogens with zero attached hydrogens (tertiary/aromatic N) is 2. The van der Waals surface area contributed by atoms with Crippen molar-refractivity contribution in [1.29, 1.82) is 0 Å². The van der Waals surface area contributed by atoms with Gasteiger partial charge in [-0.25, -0.2) is 0 Å². The van der Waals surface area contributed by atoms with E-state index in [1.54, 1.807) is 11.8 Å². The molecule has 0 fully saturated rings. The Morgan fingerprint density at radius 2 is 2.00 bits per heavy atom. The third kappa shape index (κ3) is 4.01. The van der Waals surface area contributed by atoms with Crippen molar-refractivity contribution < 1.29 is 4.42 Å². The van der Waals surface area contributed by atoms with Gasteiger partial charge in [-0.15, -0.1) is 23.4 Å². The fourth-order valence-corrected chi connectivity index (χ4v) is 3.11. The van der Waals surface area contributed by atoms with Gasteiger partial charge in [0.15, 0.2) is 0 Å². The van der Waals surface area contributed by atoms with Crippen molar-refractivity contribution in [3.05, 3.63) is 47.2 Å². The van der Waals surface area contributed by atoms with Gasteiger partial charge in [0.2, 0.25) is 0 Å². The van der Waals surface area contributed by atoms with Gasteiger partial charge in [-0.05, 0) is 44.8 Å². The number of alkyl halides is 1. The molecule has 0 aliphatic rings. The van der Waals surface area contributed by atoms with Crippen LogP contribution in [-0.2, 0) is 18.2 Å². The SMILES string of the molecule is Cc1c(SCc2ccc(CN(C)C)o2)ccnc1CCl. The maximum atomic E-state index is 5.88. The number of hydrogen-bond acceptors (Lipinski definition) is 4. The van der Waals surface area contributed by atoms with Crippen LogP contribution in [-0.4, -0.2) is 24.0 Å². The third-order valence-electron chi connectivity index (χ3n) is 2.94. The number of halogens is 1. The lowest BCUT2D eigenvalue weighted by atomic mass is 10.2. The summed E-state index contributed by atoms with van der Waals surface area (Å²) in [5.41, 5.74) is 2.11. The van der Waals surface area contributed by atoms with E-state index in [2.05, 4.69) is 16.8 Å². The highest BCUT2D eigenvalue weighted by molar-refractivity contribution is 7.98. The topological polar surface area (TPSA) is 29.3 Å². The van der Waals surface area contributed by atoms with E-state index in [0.29, 0.717) is 5.88 Å². The molecular formula is C15H19ClN2OS. The Morgan fingerprint density at radius 3 is 2.70 bits per heavy atom. The first-order chi connectivity index (χ1) is 9.60. The number of aromatic nitrogens is 1. The van der Waals surface area contributed by atoms with Gasteiger partial charge in [0, 0.05) is 11.1 Å². The van der Waals surface area contributed by atoms with Crippen LogP contribution in [0, 0.1) is 6.92 Å². The number of rotatable bonds is 6. The zero-order chi connectivity index (χ0) is 14.5. The van der Waals surface area contributed by atoms with E-state index in [1.807, 2.05) is 38.5 Å². The van der Waals surface area contributed by atoms with Crippen LogP contribution in [0.15, 0.2) is 33.7 Å². The van der Waals surface area contributed by atoms with Crippen LogP contribution in [0.3, 0.4) is 0 Å². The van der Waals surface area contributed by atoms with Crippen molar-refractivity contribution in [3.63, 3.8) is 0 Å². The van der Waals surface area contributed by atoms with Gasteiger partial charge in [0.05, 0.1) is 23.9 Å². The van der Waals surface area contributed by atoms with E-state index < -0.39 is 0 Å². The Balaban J connectivity index is 2.00. The van der Waals surface area contributed by atoms with E-state index in [-0.39, 0.29) is 0 Å². The molecule has 20 heavy (non-hydrogen) atoms. The molecule has 2 rings (SSSR count). The fourth-order valence-electron chi connectivity index (χ4n) is 1.90. The summed E-state index contributed by atoms with van der Waals surface area (Å²) in [4.78, 5) is 7.58. The Kier molecular flexibility index (Phi) is 5.52. The molecule has 0 atom stereocenters. The third-order valence-corrected chi connectivity index (χ3v) is 4.38. The van der Waals surface area contributed by atoms with Gasteiger partial charge in [-0.3, -0.25) is 4.98 Å². The molecule has 0 spiro atoms. The maximum Gasteiger partial charge on any atom is 0.118 e. The van der Waals surface area contributed by atoms with E-state index in [1.165, 1.54) is 4.90 Å². The maximum absolute atomic E-state index is 5.88. The summed E-state index contributed by atoms with van der Waals surface area (Å²) in [6, 6.07) is 6.12. The van der Waals surface area contributed by atoms with Crippen LogP contribution in [0.5, 0.6) is 0 Å². The molecule has 0 aliphatic heterocycles. The lowest BCUT2D eigenvalue weighted by molar-refractivity contribution is 0.344. The normalized spacial score (nSPS) is 11.2. The lowest BCUT2D eigenvalue weighted by Crippen LogP contribution is -2.09. The minimum absolute atomic E-state index is 0.452. The van der Waals surface area contributed by atoms with Crippen molar-refractivity contribution in [2.75, 3.05) is 14.1 Å². The Labute approximate surface area is 129 Å². The van der Waals surface area contributed by atoms with E-state index in [9.17, 15) is 0 Å². The van der Waals surface area contributed by atoms with E-state index in [4.69, 9.17) is 16.0 Å². The van der Waals surface area contributed by atoms with Gasteiger partial charge in [-0.2, -0.15) is 0 Å². The van der Waals surface area contributed by atoms with Crippen LogP contribution in [0.4, 0.5) is 0 Å². The summed E-state index contributed by atoms with van der Waals surface area (Å²) in [6.45, 7) is 2.89. The summed E-state index contributed by atoms with van der Waals surface area (Å²) in [5, 5.41) is 0. The van der Waals surface area contributed by atoms with Gasteiger partial charge in [0.25, 0.3) is 0 Å². The van der Waals surface area contributed by atoms with Gasteiger partial charge in [-0.1, -0.05) is 0 Å². The molecule has 0 N–H and O–H groups in total. The molecular weight excluding hydrogens is 292 g/mol. The summed E-state index contributed by atoms with van der Waals surface area (Å²) in [6.07, 6.45) is 1.81. The molecule has 0 aliphatic carbocycles. The molecule has 0 bridgehead atoms. The lowest BCUT2D eigenvalue weighted by Gasteiger charge is -2.08. The molecule has 108 valence electrons. The first-order valence-electron chi connectivity index (χ1n) is 6.45. The highest BCUT2D eigenvalue weighted by Gasteiger charge is 2.08. The number of pyridine rings is 1. The summed E-state index contributed by atoms with van der Waals surface area (Å²) >= 11 is 7.63. The number of hydrogen-bond donors (Lipinski definition) is 0. The van der Waals surface area contributed by atoms with Crippen LogP contribution < -0.4 is 0 Å². The van der Waals surface area contributed by atoms with Gasteiger partial charge < -0.3 is 9.32 Å². The molecule has 2 heterocycles. The Bertz CT molecular complexity index is 569. The monoisotopic (exact) mass is 310 g/mol. The van der Waals surface area contributed by atoms with Crippen LogP contribution in [0.1, 0.15) is 22.8 Å². The summed E-state index contributed by atoms with van der Waals surface area (Å²) in [7, 11) is 4.07. The van der Waals surface area contributed by atoms with Crippen molar-refractivity contribution >= 4 is 23.4 Å². The molecule has 0 saturated heterocycles. The minimum atomic E-state index is 0.452. The molecule has 0 unspecified atom stereocenters. The zero-order valence-electron chi connectivity index (χ0n) is 12.0. The predicted octanol–water partition coefficient (Wildman–Crippen LogP) is 4.08. The Hall–Kier alpha value is -0.970. The zero-order valence-corrected chi connectivity index (χ0v) is 13.6. The molecule has 0 amide bonds. The van der Waals surface area contributed by atoms with Gasteiger partial charge >= 0.3 is 0 Å². The molecule has 0 saturated carbocycles. The predicted molar refractivity (Wildman–Crippen MR) is 84.2 cm³/mol. The average Bonchev–Trinajstić information content (AvgIpc) is 2.84. The molecule has 5 heteroatoms. The van der Waals surface area contributed by atoms with Crippen molar-refractivity contribution in [2.24, 2.45) is 0 Å².